The van der Waals surface area contributed by atoms with Crippen molar-refractivity contribution >= 4 is 35.0 Å². The average molecular weight is 339 g/mol. The average Bonchev–Trinajstić information content (AvgIpc) is 3.26. The SMILES string of the molecule is C[C@H](Sc1n[nH]c(=O)n1C1CC1)C(=O)Nc1ccccc1Cl. The molecule has 3 rings (SSSR count). The molecule has 1 fully saturated rings. The van der Waals surface area contributed by atoms with Crippen molar-refractivity contribution in [2.75, 3.05) is 5.32 Å². The Kier molecular flexibility index (Phi) is 4.26. The van der Waals surface area contributed by atoms with Gasteiger partial charge >= 0.3 is 5.69 Å². The number of thioether (sulfide) groups is 1. The van der Waals surface area contributed by atoms with Gasteiger partial charge in [0, 0.05) is 6.04 Å². The number of aromatic amines is 1. The van der Waals surface area contributed by atoms with Crippen molar-refractivity contribution < 1.29 is 4.79 Å². The maximum atomic E-state index is 12.3. The van der Waals surface area contributed by atoms with E-state index >= 15 is 0 Å². The number of carbonyl (C=O) groups is 1. The van der Waals surface area contributed by atoms with Gasteiger partial charge < -0.3 is 5.32 Å². The monoisotopic (exact) mass is 338 g/mol. The summed E-state index contributed by atoms with van der Waals surface area (Å²) in [6, 6.07) is 7.28. The highest BCUT2D eigenvalue weighted by molar-refractivity contribution is 8.00. The van der Waals surface area contributed by atoms with Crippen LogP contribution in [-0.4, -0.2) is 25.9 Å². The van der Waals surface area contributed by atoms with Gasteiger partial charge in [-0.25, -0.2) is 9.89 Å². The van der Waals surface area contributed by atoms with Crippen LogP contribution in [0, 0.1) is 0 Å². The number of para-hydroxylation sites is 1. The zero-order chi connectivity index (χ0) is 15.7. The van der Waals surface area contributed by atoms with E-state index in [-0.39, 0.29) is 17.6 Å². The second kappa shape index (κ2) is 6.18. The summed E-state index contributed by atoms with van der Waals surface area (Å²) in [5.74, 6) is -0.184. The number of H-pyrrole nitrogens is 1. The molecule has 8 heteroatoms. The second-order valence-corrected chi connectivity index (χ2v) is 6.86. The highest BCUT2D eigenvalue weighted by atomic mass is 35.5. The van der Waals surface area contributed by atoms with Gasteiger partial charge in [-0.1, -0.05) is 35.5 Å². The maximum absolute atomic E-state index is 12.3. The van der Waals surface area contributed by atoms with Crippen molar-refractivity contribution in [1.29, 1.82) is 0 Å². The third-order valence-electron chi connectivity index (χ3n) is 3.37. The molecule has 0 aliphatic heterocycles. The number of hydrogen-bond acceptors (Lipinski definition) is 4. The van der Waals surface area contributed by atoms with E-state index in [9.17, 15) is 9.59 Å². The van der Waals surface area contributed by atoms with E-state index in [0.29, 0.717) is 15.9 Å². The second-order valence-electron chi connectivity index (χ2n) is 5.14. The van der Waals surface area contributed by atoms with Crippen LogP contribution in [0.15, 0.2) is 34.2 Å². The molecule has 2 aromatic rings. The topological polar surface area (TPSA) is 79.8 Å². The fraction of sp³-hybridized carbons (Fsp3) is 0.357. The molecule has 1 aliphatic rings. The van der Waals surface area contributed by atoms with Crippen LogP contribution in [0.25, 0.3) is 0 Å². The minimum absolute atomic E-state index is 0.184. The summed E-state index contributed by atoms with van der Waals surface area (Å²) in [7, 11) is 0. The van der Waals surface area contributed by atoms with Gasteiger partial charge in [0.05, 0.1) is 16.0 Å². The molecule has 1 saturated carbocycles. The Morgan fingerprint density at radius 1 is 1.50 bits per heavy atom. The molecule has 0 radical (unpaired) electrons. The first kappa shape index (κ1) is 15.2. The number of hydrogen-bond donors (Lipinski definition) is 2. The van der Waals surface area contributed by atoms with Crippen molar-refractivity contribution in [3.05, 3.63) is 39.8 Å². The molecule has 0 unspecified atom stereocenters. The van der Waals surface area contributed by atoms with E-state index in [4.69, 9.17) is 11.6 Å². The molecular formula is C14H15ClN4O2S. The Morgan fingerprint density at radius 3 is 2.91 bits per heavy atom. The van der Waals surface area contributed by atoms with Gasteiger partial charge in [0.15, 0.2) is 5.16 Å². The summed E-state index contributed by atoms with van der Waals surface area (Å²) in [4.78, 5) is 24.0. The molecule has 0 saturated heterocycles. The summed E-state index contributed by atoms with van der Waals surface area (Å²) in [5, 5.41) is 9.88. The molecule has 1 aromatic carbocycles. The highest BCUT2D eigenvalue weighted by Crippen LogP contribution is 2.36. The lowest BCUT2D eigenvalue weighted by Gasteiger charge is -2.12. The van der Waals surface area contributed by atoms with E-state index in [2.05, 4.69) is 15.5 Å². The third-order valence-corrected chi connectivity index (χ3v) is 4.76. The number of nitrogens with zero attached hydrogens (tertiary/aromatic N) is 2. The molecular weight excluding hydrogens is 324 g/mol. The fourth-order valence-corrected chi connectivity index (χ4v) is 3.15. The number of carbonyl (C=O) groups excluding carboxylic acids is 1. The summed E-state index contributed by atoms with van der Waals surface area (Å²) in [6.07, 6.45) is 1.96. The zero-order valence-corrected chi connectivity index (χ0v) is 13.4. The molecule has 0 bridgehead atoms. The van der Waals surface area contributed by atoms with Gasteiger partial charge in [-0.05, 0) is 31.9 Å². The molecule has 1 atom stereocenters. The molecule has 0 spiro atoms. The van der Waals surface area contributed by atoms with Crippen molar-refractivity contribution in [3.63, 3.8) is 0 Å². The van der Waals surface area contributed by atoms with Gasteiger partial charge in [0.25, 0.3) is 0 Å². The third kappa shape index (κ3) is 3.20. The van der Waals surface area contributed by atoms with E-state index in [1.54, 1.807) is 35.8 Å². The molecule has 1 heterocycles. The summed E-state index contributed by atoms with van der Waals surface area (Å²) >= 11 is 7.29. The number of halogens is 1. The first-order valence-electron chi connectivity index (χ1n) is 6.95. The molecule has 22 heavy (non-hydrogen) atoms. The molecule has 1 amide bonds. The quantitative estimate of drug-likeness (QED) is 0.821. The van der Waals surface area contributed by atoms with Crippen molar-refractivity contribution in [3.8, 4) is 0 Å². The first-order chi connectivity index (χ1) is 10.6. The van der Waals surface area contributed by atoms with Gasteiger partial charge in [0.1, 0.15) is 0 Å². The lowest BCUT2D eigenvalue weighted by Crippen LogP contribution is -2.23. The Balaban J connectivity index is 1.69. The number of nitrogens with one attached hydrogen (secondary N) is 2. The van der Waals surface area contributed by atoms with Crippen LogP contribution in [0.3, 0.4) is 0 Å². The van der Waals surface area contributed by atoms with E-state index < -0.39 is 5.25 Å². The largest absolute Gasteiger partial charge is 0.344 e. The van der Waals surface area contributed by atoms with Crippen LogP contribution < -0.4 is 11.0 Å². The minimum Gasteiger partial charge on any atom is -0.324 e. The highest BCUT2D eigenvalue weighted by Gasteiger charge is 2.30. The number of aromatic nitrogens is 3. The van der Waals surface area contributed by atoms with Gasteiger partial charge in [0.2, 0.25) is 5.91 Å². The Bertz CT molecular complexity index is 753. The zero-order valence-electron chi connectivity index (χ0n) is 11.9. The lowest BCUT2D eigenvalue weighted by molar-refractivity contribution is -0.115. The Morgan fingerprint density at radius 2 is 2.23 bits per heavy atom. The van der Waals surface area contributed by atoms with Crippen LogP contribution in [0.2, 0.25) is 5.02 Å². The molecule has 1 aliphatic carbocycles. The maximum Gasteiger partial charge on any atom is 0.344 e. The molecule has 2 N–H and O–H groups in total. The van der Waals surface area contributed by atoms with Gasteiger partial charge in [-0.3, -0.25) is 9.36 Å². The number of amides is 1. The Hall–Kier alpha value is -1.73. The molecule has 1 aromatic heterocycles. The summed E-state index contributed by atoms with van der Waals surface area (Å²) < 4.78 is 1.63. The minimum atomic E-state index is -0.399. The lowest BCUT2D eigenvalue weighted by atomic mass is 10.3. The van der Waals surface area contributed by atoms with Crippen LogP contribution in [0.5, 0.6) is 0 Å². The van der Waals surface area contributed by atoms with Crippen LogP contribution in [-0.2, 0) is 4.79 Å². The van der Waals surface area contributed by atoms with Crippen LogP contribution in [0.1, 0.15) is 25.8 Å². The Labute approximate surface area is 136 Å². The number of benzene rings is 1. The van der Waals surface area contributed by atoms with E-state index in [1.165, 1.54) is 11.8 Å². The van der Waals surface area contributed by atoms with Gasteiger partial charge in [-0.2, -0.15) is 0 Å². The molecule has 6 nitrogen and oxygen atoms in total. The first-order valence-corrected chi connectivity index (χ1v) is 8.21. The molecule has 116 valence electrons. The summed E-state index contributed by atoms with van der Waals surface area (Å²) in [6.45, 7) is 1.77. The predicted octanol–water partition coefficient (Wildman–Crippen LogP) is 2.68. The van der Waals surface area contributed by atoms with Gasteiger partial charge in [-0.15, -0.1) is 5.10 Å². The number of anilines is 1. The predicted molar refractivity (Wildman–Crippen MR) is 86.5 cm³/mol. The van der Waals surface area contributed by atoms with Crippen molar-refractivity contribution in [2.45, 2.75) is 36.2 Å². The van der Waals surface area contributed by atoms with Crippen LogP contribution in [0.4, 0.5) is 5.69 Å². The van der Waals surface area contributed by atoms with Crippen LogP contribution >= 0.6 is 23.4 Å². The standard InChI is InChI=1S/C14H15ClN4O2S/c1-8(12(20)16-11-5-3-2-4-10(11)15)22-14-18-17-13(21)19(14)9-6-7-9/h2-5,8-9H,6-7H2,1H3,(H,16,20)(H,17,21)/t8-/m0/s1. The van der Waals surface area contributed by atoms with Crippen molar-refractivity contribution in [1.82, 2.24) is 14.8 Å². The van der Waals surface area contributed by atoms with E-state index in [1.807, 2.05) is 0 Å². The smallest absolute Gasteiger partial charge is 0.324 e. The summed E-state index contributed by atoms with van der Waals surface area (Å²) in [5.41, 5.74) is 0.354. The fourth-order valence-electron chi connectivity index (χ4n) is 2.04. The normalized spacial score (nSPS) is 15.5. The van der Waals surface area contributed by atoms with E-state index in [0.717, 1.165) is 12.8 Å². The van der Waals surface area contributed by atoms with Crippen molar-refractivity contribution in [2.24, 2.45) is 0 Å². The number of rotatable bonds is 5.